The summed E-state index contributed by atoms with van der Waals surface area (Å²) in [5, 5.41) is 13.1. The molecule has 0 radical (unpaired) electrons. The van der Waals surface area contributed by atoms with E-state index in [4.69, 9.17) is 4.74 Å². The second kappa shape index (κ2) is 8.89. The number of nitrogens with zero attached hydrogens (tertiary/aromatic N) is 2. The molecule has 0 amide bonds. The Morgan fingerprint density at radius 2 is 2.25 bits per heavy atom. The monoisotopic (exact) mass is 281 g/mol. The van der Waals surface area contributed by atoms with Gasteiger partial charge < -0.3 is 20.1 Å². The van der Waals surface area contributed by atoms with E-state index in [1.807, 2.05) is 25.1 Å². The Morgan fingerprint density at radius 1 is 1.50 bits per heavy atom. The van der Waals surface area contributed by atoms with Crippen molar-refractivity contribution < 1.29 is 9.84 Å². The van der Waals surface area contributed by atoms with Crippen molar-refractivity contribution >= 4 is 5.82 Å². The van der Waals surface area contributed by atoms with Crippen LogP contribution in [0.25, 0.3) is 0 Å². The molecular formula is C15H27N3O2. The summed E-state index contributed by atoms with van der Waals surface area (Å²) in [5.74, 6) is 0.902. The van der Waals surface area contributed by atoms with Crippen LogP contribution < -0.4 is 10.2 Å². The van der Waals surface area contributed by atoms with Crippen LogP contribution >= 0.6 is 0 Å². The highest BCUT2D eigenvalue weighted by Gasteiger charge is 2.12. The first kappa shape index (κ1) is 16.9. The van der Waals surface area contributed by atoms with Gasteiger partial charge in [-0.25, -0.2) is 4.98 Å². The lowest BCUT2D eigenvalue weighted by Gasteiger charge is -2.23. The van der Waals surface area contributed by atoms with Crippen LogP contribution in [-0.4, -0.2) is 50.0 Å². The number of aliphatic hydroxyl groups excluding tert-OH is 1. The number of anilines is 1. The highest BCUT2D eigenvalue weighted by Crippen LogP contribution is 2.17. The summed E-state index contributed by atoms with van der Waals surface area (Å²) in [7, 11) is 3.52. The van der Waals surface area contributed by atoms with Gasteiger partial charge in [-0.1, -0.05) is 6.92 Å². The molecule has 2 N–H and O–H groups in total. The highest BCUT2D eigenvalue weighted by molar-refractivity contribution is 5.46. The zero-order valence-electron chi connectivity index (χ0n) is 13.0. The standard InChI is InChI=1S/C15H27N3O2/c1-5-6-16-8-13-7-12(2)15(17-9-13)18(3)10-14(19)11-20-4/h7,9,14,16,19H,5-6,8,10-11H2,1-4H3. The van der Waals surface area contributed by atoms with Crippen LogP contribution in [0.4, 0.5) is 5.82 Å². The minimum absolute atomic E-state index is 0.336. The number of ether oxygens (including phenoxy) is 1. The minimum atomic E-state index is -0.503. The molecule has 0 bridgehead atoms. The van der Waals surface area contributed by atoms with Crippen LogP contribution in [0.2, 0.25) is 0 Å². The molecule has 1 unspecified atom stereocenters. The van der Waals surface area contributed by atoms with Gasteiger partial charge in [0, 0.05) is 33.4 Å². The van der Waals surface area contributed by atoms with Gasteiger partial charge in [-0.3, -0.25) is 0 Å². The zero-order chi connectivity index (χ0) is 15.0. The Balaban J connectivity index is 2.62. The first-order valence-electron chi connectivity index (χ1n) is 7.12. The molecule has 1 aromatic heterocycles. The van der Waals surface area contributed by atoms with E-state index >= 15 is 0 Å². The third-order valence-corrected chi connectivity index (χ3v) is 3.07. The minimum Gasteiger partial charge on any atom is -0.389 e. The Bertz CT molecular complexity index is 399. The molecule has 1 atom stereocenters. The average Bonchev–Trinajstić information content (AvgIpc) is 2.39. The number of pyridine rings is 1. The van der Waals surface area contributed by atoms with Gasteiger partial charge >= 0.3 is 0 Å². The fourth-order valence-electron chi connectivity index (χ4n) is 2.18. The summed E-state index contributed by atoms with van der Waals surface area (Å²) in [6.45, 7) is 6.91. The van der Waals surface area contributed by atoms with Gasteiger partial charge in [-0.15, -0.1) is 0 Å². The van der Waals surface area contributed by atoms with Crippen molar-refractivity contribution in [1.82, 2.24) is 10.3 Å². The fourth-order valence-corrected chi connectivity index (χ4v) is 2.18. The Hall–Kier alpha value is -1.17. The zero-order valence-corrected chi connectivity index (χ0v) is 13.0. The van der Waals surface area contributed by atoms with Crippen LogP contribution in [-0.2, 0) is 11.3 Å². The molecular weight excluding hydrogens is 254 g/mol. The number of likely N-dealkylation sites (N-methyl/N-ethyl adjacent to an activating group) is 1. The fraction of sp³-hybridized carbons (Fsp3) is 0.667. The molecule has 1 heterocycles. The maximum absolute atomic E-state index is 9.77. The SMILES string of the molecule is CCCNCc1cnc(N(C)CC(O)COC)c(C)c1. The number of methoxy groups -OCH3 is 1. The maximum atomic E-state index is 9.77. The van der Waals surface area contributed by atoms with Crippen LogP contribution in [0.15, 0.2) is 12.3 Å². The number of nitrogens with one attached hydrogen (secondary N) is 1. The van der Waals surface area contributed by atoms with E-state index in [-0.39, 0.29) is 0 Å². The Kier molecular flexibility index (Phi) is 7.51. The van der Waals surface area contributed by atoms with Crippen LogP contribution in [0.3, 0.4) is 0 Å². The highest BCUT2D eigenvalue weighted by atomic mass is 16.5. The molecule has 0 fully saturated rings. The van der Waals surface area contributed by atoms with Gasteiger partial charge in [-0.2, -0.15) is 0 Å². The normalized spacial score (nSPS) is 12.4. The van der Waals surface area contributed by atoms with Gasteiger partial charge in [0.2, 0.25) is 0 Å². The Morgan fingerprint density at radius 3 is 2.85 bits per heavy atom. The van der Waals surface area contributed by atoms with Gasteiger partial charge in [-0.05, 0) is 37.1 Å². The number of hydrogen-bond acceptors (Lipinski definition) is 5. The lowest BCUT2D eigenvalue weighted by Crippen LogP contribution is -2.32. The molecule has 0 aliphatic heterocycles. The van der Waals surface area contributed by atoms with Crippen LogP contribution in [0.1, 0.15) is 24.5 Å². The molecule has 0 spiro atoms. The van der Waals surface area contributed by atoms with Crippen molar-refractivity contribution in [3.63, 3.8) is 0 Å². The lowest BCUT2D eigenvalue weighted by molar-refractivity contribution is 0.0694. The van der Waals surface area contributed by atoms with Crippen molar-refractivity contribution in [3.05, 3.63) is 23.4 Å². The van der Waals surface area contributed by atoms with Gasteiger partial charge in [0.15, 0.2) is 0 Å². The molecule has 0 aromatic carbocycles. The van der Waals surface area contributed by atoms with Crippen molar-refractivity contribution in [2.45, 2.75) is 32.9 Å². The maximum Gasteiger partial charge on any atom is 0.131 e. The molecule has 5 heteroatoms. The molecule has 0 saturated carbocycles. The van der Waals surface area contributed by atoms with Crippen molar-refractivity contribution in [2.75, 3.05) is 38.8 Å². The van der Waals surface area contributed by atoms with Crippen LogP contribution in [0.5, 0.6) is 0 Å². The van der Waals surface area contributed by atoms with E-state index in [2.05, 4.69) is 23.3 Å². The van der Waals surface area contributed by atoms with Crippen molar-refractivity contribution in [1.29, 1.82) is 0 Å². The smallest absolute Gasteiger partial charge is 0.131 e. The molecule has 5 nitrogen and oxygen atoms in total. The van der Waals surface area contributed by atoms with Gasteiger partial charge in [0.25, 0.3) is 0 Å². The predicted octanol–water partition coefficient (Wildman–Crippen LogP) is 1.33. The molecule has 0 aliphatic carbocycles. The Labute approximate surface area is 122 Å². The summed E-state index contributed by atoms with van der Waals surface area (Å²) >= 11 is 0. The third kappa shape index (κ3) is 5.45. The largest absolute Gasteiger partial charge is 0.389 e. The number of aromatic nitrogens is 1. The number of hydrogen-bond donors (Lipinski definition) is 2. The van der Waals surface area contributed by atoms with Crippen molar-refractivity contribution in [3.8, 4) is 0 Å². The lowest BCUT2D eigenvalue weighted by atomic mass is 10.2. The third-order valence-electron chi connectivity index (χ3n) is 3.07. The molecule has 1 rings (SSSR count). The van der Waals surface area contributed by atoms with Crippen LogP contribution in [0, 0.1) is 6.92 Å². The summed E-state index contributed by atoms with van der Waals surface area (Å²) in [5.41, 5.74) is 2.30. The first-order chi connectivity index (χ1) is 9.58. The second-order valence-electron chi connectivity index (χ2n) is 5.15. The average molecular weight is 281 g/mol. The topological polar surface area (TPSA) is 57.6 Å². The van der Waals surface area contributed by atoms with Gasteiger partial charge in [0.05, 0.1) is 12.7 Å². The molecule has 0 saturated heterocycles. The van der Waals surface area contributed by atoms with E-state index in [1.54, 1.807) is 7.11 Å². The molecule has 20 heavy (non-hydrogen) atoms. The first-order valence-corrected chi connectivity index (χ1v) is 7.12. The molecule has 1 aromatic rings. The van der Waals surface area contributed by atoms with E-state index in [0.29, 0.717) is 13.2 Å². The van der Waals surface area contributed by atoms with Gasteiger partial charge in [0.1, 0.15) is 5.82 Å². The van der Waals surface area contributed by atoms with E-state index in [1.165, 1.54) is 5.56 Å². The number of aryl methyl sites for hydroxylation is 1. The number of rotatable bonds is 9. The molecule has 114 valence electrons. The summed E-state index contributed by atoms with van der Waals surface area (Å²) in [4.78, 5) is 6.46. The van der Waals surface area contributed by atoms with E-state index in [9.17, 15) is 5.11 Å². The summed E-state index contributed by atoms with van der Waals surface area (Å²) in [6.07, 6.45) is 2.52. The van der Waals surface area contributed by atoms with E-state index in [0.717, 1.165) is 30.9 Å². The predicted molar refractivity (Wildman–Crippen MR) is 82.1 cm³/mol. The van der Waals surface area contributed by atoms with Crippen molar-refractivity contribution in [2.24, 2.45) is 0 Å². The quantitative estimate of drug-likeness (QED) is 0.669. The molecule has 0 aliphatic rings. The number of aliphatic hydroxyl groups is 1. The summed E-state index contributed by atoms with van der Waals surface area (Å²) < 4.78 is 4.94. The van der Waals surface area contributed by atoms with E-state index < -0.39 is 6.10 Å². The summed E-state index contributed by atoms with van der Waals surface area (Å²) in [6, 6.07) is 2.14. The second-order valence-corrected chi connectivity index (χ2v) is 5.15.